The highest BCUT2D eigenvalue weighted by molar-refractivity contribution is 6.30. The highest BCUT2D eigenvalue weighted by Crippen LogP contribution is 2.28. The van der Waals surface area contributed by atoms with Gasteiger partial charge in [0.05, 0.1) is 5.69 Å². The lowest BCUT2D eigenvalue weighted by Crippen LogP contribution is -2.30. The van der Waals surface area contributed by atoms with E-state index in [1.807, 2.05) is 12.3 Å². The number of hydrogen-bond acceptors (Lipinski definition) is 3. The summed E-state index contributed by atoms with van der Waals surface area (Å²) in [5, 5.41) is 10.2. The van der Waals surface area contributed by atoms with Crippen molar-refractivity contribution in [1.82, 2.24) is 15.2 Å². The number of anilines is 1. The highest BCUT2D eigenvalue weighted by atomic mass is 35.5. The summed E-state index contributed by atoms with van der Waals surface area (Å²) in [7, 11) is 0. The quantitative estimate of drug-likeness (QED) is 0.700. The second kappa shape index (κ2) is 4.74. The largest absolute Gasteiger partial charge is 0.367 e. The van der Waals surface area contributed by atoms with E-state index < -0.39 is 0 Å². The fraction of sp³-hybridized carbons (Fsp3) is 0.250. The Balaban J connectivity index is 1.72. The zero-order valence-electron chi connectivity index (χ0n) is 11.7. The molecule has 106 valence electrons. The van der Waals surface area contributed by atoms with E-state index in [0.29, 0.717) is 5.15 Å². The van der Waals surface area contributed by atoms with Crippen LogP contribution in [0.1, 0.15) is 17.0 Å². The molecule has 0 spiro atoms. The molecular formula is C16H15ClN4. The minimum atomic E-state index is 0.534. The van der Waals surface area contributed by atoms with Crippen molar-refractivity contribution in [3.63, 3.8) is 0 Å². The van der Waals surface area contributed by atoms with Crippen molar-refractivity contribution in [2.24, 2.45) is 0 Å². The molecule has 0 aliphatic carbocycles. The minimum absolute atomic E-state index is 0.534. The minimum Gasteiger partial charge on any atom is -0.367 e. The zero-order valence-corrected chi connectivity index (χ0v) is 12.5. The number of benzene rings is 1. The molecule has 0 saturated heterocycles. The number of pyridine rings is 1. The van der Waals surface area contributed by atoms with Crippen molar-refractivity contribution < 1.29 is 0 Å². The smallest absolute Gasteiger partial charge is 0.129 e. The van der Waals surface area contributed by atoms with Crippen LogP contribution in [0.3, 0.4) is 0 Å². The van der Waals surface area contributed by atoms with Crippen molar-refractivity contribution in [2.45, 2.75) is 19.9 Å². The third-order valence-corrected chi connectivity index (χ3v) is 4.37. The van der Waals surface area contributed by atoms with Crippen LogP contribution in [0.2, 0.25) is 5.15 Å². The topological polar surface area (TPSA) is 44.8 Å². The maximum absolute atomic E-state index is 5.99. The van der Waals surface area contributed by atoms with Gasteiger partial charge in [-0.05, 0) is 30.5 Å². The molecule has 3 aromatic rings. The van der Waals surface area contributed by atoms with Crippen LogP contribution in [0, 0.1) is 6.92 Å². The van der Waals surface area contributed by atoms with Crippen molar-refractivity contribution in [3.8, 4) is 0 Å². The van der Waals surface area contributed by atoms with Gasteiger partial charge in [-0.25, -0.2) is 4.98 Å². The number of nitrogens with one attached hydrogen (secondary N) is 1. The Morgan fingerprint density at radius 2 is 2.14 bits per heavy atom. The number of nitrogens with zero attached hydrogens (tertiary/aromatic N) is 3. The number of rotatable bonds is 1. The summed E-state index contributed by atoms with van der Waals surface area (Å²) in [5.74, 6) is 0. The predicted molar refractivity (Wildman–Crippen MR) is 84.8 cm³/mol. The first-order valence-electron chi connectivity index (χ1n) is 7.04. The molecule has 1 N–H and O–H groups in total. The van der Waals surface area contributed by atoms with Crippen LogP contribution in [0.15, 0.2) is 30.5 Å². The van der Waals surface area contributed by atoms with E-state index in [9.17, 15) is 0 Å². The number of H-pyrrole nitrogens is 1. The van der Waals surface area contributed by atoms with E-state index in [-0.39, 0.29) is 0 Å². The predicted octanol–water partition coefficient (Wildman–Crippen LogP) is 3.48. The molecule has 1 aromatic carbocycles. The van der Waals surface area contributed by atoms with Crippen LogP contribution in [-0.2, 0) is 13.0 Å². The van der Waals surface area contributed by atoms with Crippen LogP contribution in [0.25, 0.3) is 10.8 Å². The molecule has 4 nitrogen and oxygen atoms in total. The molecule has 2 aromatic heterocycles. The average Bonchev–Trinajstić information content (AvgIpc) is 2.87. The van der Waals surface area contributed by atoms with E-state index in [2.05, 4.69) is 45.2 Å². The molecule has 4 rings (SSSR count). The van der Waals surface area contributed by atoms with Crippen LogP contribution in [0.4, 0.5) is 5.69 Å². The summed E-state index contributed by atoms with van der Waals surface area (Å²) in [6, 6.07) is 8.35. The van der Waals surface area contributed by atoms with Gasteiger partial charge in [-0.15, -0.1) is 0 Å². The molecule has 0 unspecified atom stereocenters. The zero-order chi connectivity index (χ0) is 14.4. The monoisotopic (exact) mass is 298 g/mol. The molecule has 0 amide bonds. The Labute approximate surface area is 127 Å². The first-order valence-corrected chi connectivity index (χ1v) is 7.41. The van der Waals surface area contributed by atoms with E-state index in [0.717, 1.165) is 30.3 Å². The second-order valence-corrected chi connectivity index (χ2v) is 5.87. The third-order valence-electron chi connectivity index (χ3n) is 4.16. The van der Waals surface area contributed by atoms with Gasteiger partial charge in [-0.3, -0.25) is 5.10 Å². The summed E-state index contributed by atoms with van der Waals surface area (Å²) in [6.45, 7) is 3.98. The van der Waals surface area contributed by atoms with Crippen molar-refractivity contribution in [3.05, 3.63) is 52.6 Å². The summed E-state index contributed by atoms with van der Waals surface area (Å²) in [5.41, 5.74) is 4.92. The lowest BCUT2D eigenvalue weighted by molar-refractivity contribution is 0.719. The molecule has 1 aliphatic rings. The summed E-state index contributed by atoms with van der Waals surface area (Å²) in [4.78, 5) is 6.51. The Bertz CT molecular complexity index is 824. The SMILES string of the molecule is Cc1[nH]nc2c1CN(c1ccc3cnc(Cl)cc3c1)CC2. The van der Waals surface area contributed by atoms with E-state index >= 15 is 0 Å². The fourth-order valence-electron chi connectivity index (χ4n) is 2.95. The van der Waals surface area contributed by atoms with E-state index in [1.54, 1.807) is 0 Å². The number of aryl methyl sites for hydroxylation is 1. The molecular weight excluding hydrogens is 284 g/mol. The van der Waals surface area contributed by atoms with Gasteiger partial charge in [0.2, 0.25) is 0 Å². The second-order valence-electron chi connectivity index (χ2n) is 5.48. The first kappa shape index (κ1) is 12.7. The normalized spacial score (nSPS) is 14.5. The van der Waals surface area contributed by atoms with Crippen molar-refractivity contribution >= 4 is 28.1 Å². The summed E-state index contributed by atoms with van der Waals surface area (Å²) in [6.07, 6.45) is 2.80. The standard InChI is InChI=1S/C16H15ClN4/c1-10-14-9-21(5-4-15(14)20-19-10)13-3-2-11-8-18-16(17)7-12(11)6-13/h2-3,6-8H,4-5,9H2,1H3,(H,19,20). The number of fused-ring (bicyclic) bond motifs is 2. The Hall–Kier alpha value is -2.07. The van der Waals surface area contributed by atoms with Crippen molar-refractivity contribution in [1.29, 1.82) is 0 Å². The molecule has 5 heteroatoms. The Morgan fingerprint density at radius 3 is 3.05 bits per heavy atom. The van der Waals surface area contributed by atoms with Crippen molar-refractivity contribution in [2.75, 3.05) is 11.4 Å². The molecule has 0 bridgehead atoms. The number of hydrogen-bond donors (Lipinski definition) is 1. The van der Waals surface area contributed by atoms with E-state index in [1.165, 1.54) is 22.6 Å². The van der Waals surface area contributed by atoms with Crippen LogP contribution in [-0.4, -0.2) is 21.7 Å². The summed E-state index contributed by atoms with van der Waals surface area (Å²) < 4.78 is 0. The maximum Gasteiger partial charge on any atom is 0.129 e. The molecule has 1 aliphatic heterocycles. The van der Waals surface area contributed by atoms with Crippen LogP contribution >= 0.6 is 11.6 Å². The van der Waals surface area contributed by atoms with Crippen LogP contribution in [0.5, 0.6) is 0 Å². The van der Waals surface area contributed by atoms with Gasteiger partial charge in [0.25, 0.3) is 0 Å². The molecule has 0 fully saturated rings. The Morgan fingerprint density at radius 1 is 1.24 bits per heavy atom. The first-order chi connectivity index (χ1) is 10.2. The molecule has 0 radical (unpaired) electrons. The third kappa shape index (κ3) is 2.16. The number of aromatic amines is 1. The summed E-state index contributed by atoms with van der Waals surface area (Å²) >= 11 is 5.99. The van der Waals surface area contributed by atoms with Crippen LogP contribution < -0.4 is 4.90 Å². The lowest BCUT2D eigenvalue weighted by atomic mass is 10.0. The molecule has 0 saturated carbocycles. The maximum atomic E-state index is 5.99. The average molecular weight is 299 g/mol. The van der Waals surface area contributed by atoms with Gasteiger partial charge in [-0.1, -0.05) is 17.7 Å². The number of aromatic nitrogens is 3. The highest BCUT2D eigenvalue weighted by Gasteiger charge is 2.20. The van der Waals surface area contributed by atoms with Gasteiger partial charge >= 0.3 is 0 Å². The van der Waals surface area contributed by atoms with Gasteiger partial charge < -0.3 is 4.90 Å². The Kier molecular flexibility index (Phi) is 2.86. The van der Waals surface area contributed by atoms with Gasteiger partial charge in [0.15, 0.2) is 0 Å². The van der Waals surface area contributed by atoms with Gasteiger partial charge in [-0.2, -0.15) is 5.10 Å². The fourth-order valence-corrected chi connectivity index (χ4v) is 3.12. The molecule has 0 atom stereocenters. The van der Waals surface area contributed by atoms with E-state index in [4.69, 9.17) is 11.6 Å². The lowest BCUT2D eigenvalue weighted by Gasteiger charge is -2.29. The van der Waals surface area contributed by atoms with Gasteiger partial charge in [0.1, 0.15) is 5.15 Å². The van der Waals surface area contributed by atoms with Gasteiger partial charge in [0, 0.05) is 48.0 Å². The molecule has 21 heavy (non-hydrogen) atoms. The molecule has 3 heterocycles. The number of halogens is 1.